The van der Waals surface area contributed by atoms with Crippen LogP contribution in [0.4, 0.5) is 13.2 Å². The molecule has 0 saturated carbocycles. The van der Waals surface area contributed by atoms with Crippen molar-refractivity contribution in [3.05, 3.63) is 89.8 Å². The highest BCUT2D eigenvalue weighted by Crippen LogP contribution is 2.35. The minimum Gasteiger partial charge on any atom is -0.490 e. The maximum atomic E-state index is 14.9. The number of hydrogen-bond donors (Lipinski definition) is 0. The maximum absolute atomic E-state index is 14.9. The largest absolute Gasteiger partial charge is 0.490 e. The number of allylic oxidation sites excluding steroid dienone is 1. The van der Waals surface area contributed by atoms with Gasteiger partial charge in [-0.15, -0.1) is 0 Å². The molecule has 0 radical (unpaired) electrons. The molecule has 2 atom stereocenters. The second kappa shape index (κ2) is 10.9. The number of rotatable bonds is 7. The lowest BCUT2D eigenvalue weighted by molar-refractivity contribution is -0.00711. The second-order valence-electron chi connectivity index (χ2n) is 8.59. The molecule has 4 rings (SSSR count). The zero-order valence-corrected chi connectivity index (χ0v) is 19.5. The van der Waals surface area contributed by atoms with Gasteiger partial charge in [0, 0.05) is 17.0 Å². The van der Waals surface area contributed by atoms with E-state index in [2.05, 4.69) is 6.08 Å². The third-order valence-corrected chi connectivity index (χ3v) is 6.16. The topological polar surface area (TPSA) is 18.5 Å². The van der Waals surface area contributed by atoms with Crippen molar-refractivity contribution in [2.75, 3.05) is 13.2 Å². The molecule has 2 nitrogen and oxygen atoms in total. The molecular formula is C29H29F3O2. The Labute approximate surface area is 199 Å². The molecule has 0 spiro atoms. The monoisotopic (exact) mass is 466 g/mol. The van der Waals surface area contributed by atoms with Crippen LogP contribution in [-0.2, 0) is 4.74 Å². The summed E-state index contributed by atoms with van der Waals surface area (Å²) in [6, 6.07) is 15.1. The van der Waals surface area contributed by atoms with Crippen LogP contribution in [0.15, 0.2) is 66.7 Å². The van der Waals surface area contributed by atoms with E-state index in [9.17, 15) is 13.2 Å². The van der Waals surface area contributed by atoms with Crippen molar-refractivity contribution in [3.8, 4) is 28.0 Å². The number of halogens is 3. The van der Waals surface area contributed by atoms with Crippen LogP contribution in [0.25, 0.3) is 22.3 Å². The molecule has 0 N–H and O–H groups in total. The summed E-state index contributed by atoms with van der Waals surface area (Å²) >= 11 is 0. The Hall–Kier alpha value is -3.05. The summed E-state index contributed by atoms with van der Waals surface area (Å²) in [5, 5.41) is 0. The Bertz CT molecular complexity index is 1150. The molecule has 1 fully saturated rings. The van der Waals surface area contributed by atoms with Crippen LogP contribution in [0.1, 0.15) is 44.8 Å². The molecule has 1 heterocycles. The Morgan fingerprint density at radius 3 is 2.29 bits per heavy atom. The van der Waals surface area contributed by atoms with Gasteiger partial charge in [0.1, 0.15) is 5.82 Å². The van der Waals surface area contributed by atoms with Crippen molar-refractivity contribution in [1.82, 2.24) is 0 Å². The third-order valence-electron chi connectivity index (χ3n) is 6.16. The first-order valence-electron chi connectivity index (χ1n) is 11.8. The van der Waals surface area contributed by atoms with Crippen LogP contribution in [0, 0.1) is 23.4 Å². The standard InChI is InChI=1S/C29H29F3O2/c1-3-5-19-6-14-26(34-18-19)24-12-11-22(17-25(24)30)20-7-9-21(10-8-20)23-13-15-27(33-16-4-2)29(32)28(23)31/h3,5,7-13,15,17,19,26H,4,6,14,16,18H2,1-2H3. The molecular weight excluding hydrogens is 437 g/mol. The van der Waals surface area contributed by atoms with Gasteiger partial charge in [0.15, 0.2) is 11.6 Å². The van der Waals surface area contributed by atoms with E-state index in [1.165, 1.54) is 18.2 Å². The number of ether oxygens (including phenoxy) is 2. The molecule has 178 valence electrons. The molecule has 3 aromatic rings. The van der Waals surface area contributed by atoms with E-state index in [1.54, 1.807) is 30.3 Å². The summed E-state index contributed by atoms with van der Waals surface area (Å²) in [6.45, 7) is 4.81. The number of benzene rings is 3. The first kappa shape index (κ1) is 24.1. The third kappa shape index (κ3) is 5.20. The van der Waals surface area contributed by atoms with Crippen molar-refractivity contribution in [2.45, 2.75) is 39.2 Å². The summed E-state index contributed by atoms with van der Waals surface area (Å²) in [6.07, 6.45) is 6.38. The fourth-order valence-corrected chi connectivity index (χ4v) is 4.33. The first-order chi connectivity index (χ1) is 16.5. The second-order valence-corrected chi connectivity index (χ2v) is 8.59. The van der Waals surface area contributed by atoms with E-state index in [0.717, 1.165) is 18.4 Å². The molecule has 0 aliphatic carbocycles. The van der Waals surface area contributed by atoms with Crippen molar-refractivity contribution >= 4 is 0 Å². The summed E-state index contributed by atoms with van der Waals surface area (Å²) in [5.74, 6) is -1.93. The van der Waals surface area contributed by atoms with Gasteiger partial charge < -0.3 is 9.47 Å². The Morgan fingerprint density at radius 1 is 0.912 bits per heavy atom. The predicted octanol–water partition coefficient (Wildman–Crippen LogP) is 8.27. The van der Waals surface area contributed by atoms with Crippen LogP contribution in [0.2, 0.25) is 0 Å². The lowest BCUT2D eigenvalue weighted by Crippen LogP contribution is -2.20. The highest BCUT2D eigenvalue weighted by molar-refractivity contribution is 5.71. The van der Waals surface area contributed by atoms with Crippen LogP contribution in [-0.4, -0.2) is 13.2 Å². The molecule has 1 aliphatic rings. The summed E-state index contributed by atoms with van der Waals surface area (Å²) < 4.78 is 55.1. The van der Waals surface area contributed by atoms with E-state index in [-0.39, 0.29) is 23.2 Å². The van der Waals surface area contributed by atoms with Gasteiger partial charge in [-0.3, -0.25) is 0 Å². The van der Waals surface area contributed by atoms with Crippen LogP contribution < -0.4 is 4.74 Å². The predicted molar refractivity (Wildman–Crippen MR) is 129 cm³/mol. The van der Waals surface area contributed by atoms with Gasteiger partial charge in [0.2, 0.25) is 5.82 Å². The Balaban J connectivity index is 1.50. The van der Waals surface area contributed by atoms with Crippen molar-refractivity contribution < 1.29 is 22.6 Å². The highest BCUT2D eigenvalue weighted by Gasteiger charge is 2.24. The molecule has 0 amide bonds. The van der Waals surface area contributed by atoms with Crippen LogP contribution in [0.3, 0.4) is 0 Å². The number of hydrogen-bond acceptors (Lipinski definition) is 2. The van der Waals surface area contributed by atoms with Crippen molar-refractivity contribution in [1.29, 1.82) is 0 Å². The quantitative estimate of drug-likeness (QED) is 0.326. The average Bonchev–Trinajstić information content (AvgIpc) is 2.86. The van der Waals surface area contributed by atoms with E-state index in [4.69, 9.17) is 9.47 Å². The lowest BCUT2D eigenvalue weighted by Gasteiger charge is -2.28. The SMILES string of the molecule is CC=CC1CCC(c2ccc(-c3ccc(-c4ccc(OCCC)c(F)c4F)cc3)cc2F)OC1. The Morgan fingerprint density at radius 2 is 1.65 bits per heavy atom. The van der Waals surface area contributed by atoms with Gasteiger partial charge >= 0.3 is 0 Å². The molecule has 5 heteroatoms. The lowest BCUT2D eigenvalue weighted by atomic mass is 9.93. The minimum atomic E-state index is -0.991. The highest BCUT2D eigenvalue weighted by atomic mass is 19.2. The summed E-state index contributed by atoms with van der Waals surface area (Å²) in [4.78, 5) is 0. The smallest absolute Gasteiger partial charge is 0.201 e. The molecule has 0 aromatic heterocycles. The van der Waals surface area contributed by atoms with E-state index >= 15 is 0 Å². The molecule has 1 saturated heterocycles. The zero-order chi connectivity index (χ0) is 24.1. The average molecular weight is 467 g/mol. The fraction of sp³-hybridized carbons (Fsp3) is 0.310. The van der Waals surface area contributed by atoms with E-state index in [1.807, 2.05) is 26.0 Å². The summed E-state index contributed by atoms with van der Waals surface area (Å²) in [7, 11) is 0. The normalized spacial score (nSPS) is 18.4. The minimum absolute atomic E-state index is 0.0884. The van der Waals surface area contributed by atoms with Crippen molar-refractivity contribution in [2.24, 2.45) is 5.92 Å². The van der Waals surface area contributed by atoms with Gasteiger partial charge in [-0.05, 0) is 61.1 Å². The molecule has 3 aromatic carbocycles. The van der Waals surface area contributed by atoms with E-state index < -0.39 is 11.6 Å². The van der Waals surface area contributed by atoms with Gasteiger partial charge in [-0.1, -0.05) is 55.5 Å². The van der Waals surface area contributed by atoms with Crippen LogP contribution in [0.5, 0.6) is 5.75 Å². The van der Waals surface area contributed by atoms with Crippen LogP contribution >= 0.6 is 0 Å². The van der Waals surface area contributed by atoms with Gasteiger partial charge in [0.25, 0.3) is 0 Å². The molecule has 34 heavy (non-hydrogen) atoms. The Kier molecular flexibility index (Phi) is 7.73. The molecule has 1 aliphatic heterocycles. The maximum Gasteiger partial charge on any atom is 0.201 e. The van der Waals surface area contributed by atoms with Gasteiger partial charge in [-0.2, -0.15) is 4.39 Å². The fourth-order valence-electron chi connectivity index (χ4n) is 4.33. The molecule has 2 unspecified atom stereocenters. The van der Waals surface area contributed by atoms with E-state index in [0.29, 0.717) is 42.2 Å². The van der Waals surface area contributed by atoms with Crippen molar-refractivity contribution in [3.63, 3.8) is 0 Å². The first-order valence-corrected chi connectivity index (χ1v) is 11.8. The summed E-state index contributed by atoms with van der Waals surface area (Å²) in [5.41, 5.74) is 2.76. The van der Waals surface area contributed by atoms with Gasteiger partial charge in [-0.25, -0.2) is 8.78 Å². The molecule has 0 bridgehead atoms. The van der Waals surface area contributed by atoms with Gasteiger partial charge in [0.05, 0.1) is 19.3 Å². The zero-order valence-electron chi connectivity index (χ0n) is 19.5.